The van der Waals surface area contributed by atoms with Crippen LogP contribution >= 0.6 is 23.2 Å². The number of hydrogen-bond acceptors (Lipinski definition) is 4. The van der Waals surface area contributed by atoms with E-state index in [2.05, 4.69) is 0 Å². The Morgan fingerprint density at radius 3 is 1.96 bits per heavy atom. The molecule has 3 atom stereocenters. The van der Waals surface area contributed by atoms with Crippen LogP contribution in [0, 0.1) is 5.41 Å². The summed E-state index contributed by atoms with van der Waals surface area (Å²) in [4.78, 5) is 0.180. The van der Waals surface area contributed by atoms with Crippen molar-refractivity contribution in [3.63, 3.8) is 0 Å². The largest absolute Gasteiger partial charge is 0.396 e. The van der Waals surface area contributed by atoms with Gasteiger partial charge < -0.3 is 10.8 Å². The van der Waals surface area contributed by atoms with Crippen LogP contribution in [-0.2, 0) is 9.84 Å². The molecular weight excluding hydrogens is 369 g/mol. The molecule has 0 unspecified atom stereocenters. The molecule has 1 aliphatic carbocycles. The Morgan fingerprint density at radius 1 is 1.00 bits per heavy atom. The molecule has 3 N–H and O–H groups in total. The van der Waals surface area contributed by atoms with Crippen molar-refractivity contribution in [2.75, 3.05) is 13.2 Å². The summed E-state index contributed by atoms with van der Waals surface area (Å²) >= 11 is 11.7. The van der Waals surface area contributed by atoms with Crippen molar-refractivity contribution in [2.24, 2.45) is 11.1 Å². The average molecular weight is 386 g/mol. The molecule has 1 saturated carbocycles. The molecule has 2 aromatic carbocycles. The van der Waals surface area contributed by atoms with E-state index in [9.17, 15) is 13.5 Å². The summed E-state index contributed by atoms with van der Waals surface area (Å²) in [6, 6.07) is 13.0. The standard InChI is InChI=1S/C17H17Cl2NO3S/c18-12-3-1-11(2-4-12)15-16(17(15,9-20)10-21)24(22,23)14-7-5-13(19)6-8-14/h1-8,15-16,21H,9-10,20H2/t15-,16-,17+/m1/s1. The summed E-state index contributed by atoms with van der Waals surface area (Å²) in [5, 5.41) is 10.1. The number of nitrogens with two attached hydrogens (primary N) is 1. The number of aliphatic hydroxyl groups is 1. The van der Waals surface area contributed by atoms with Gasteiger partial charge in [-0.2, -0.15) is 0 Å². The minimum absolute atomic E-state index is 0.0777. The van der Waals surface area contributed by atoms with Crippen LogP contribution in [0.15, 0.2) is 53.4 Å². The second kappa shape index (κ2) is 6.32. The predicted octanol–water partition coefficient (Wildman–Crippen LogP) is 2.87. The Kier molecular flexibility index (Phi) is 4.66. The van der Waals surface area contributed by atoms with Gasteiger partial charge in [-0.1, -0.05) is 35.3 Å². The topological polar surface area (TPSA) is 80.4 Å². The second-order valence-corrected chi connectivity index (χ2v) is 8.99. The zero-order valence-electron chi connectivity index (χ0n) is 12.7. The molecule has 0 aromatic heterocycles. The number of benzene rings is 2. The lowest BCUT2D eigenvalue weighted by atomic mass is 10.0. The molecule has 0 saturated heterocycles. The van der Waals surface area contributed by atoms with E-state index < -0.39 is 20.5 Å². The number of hydrogen-bond donors (Lipinski definition) is 2. The smallest absolute Gasteiger partial charge is 0.182 e. The third-order valence-corrected chi connectivity index (χ3v) is 7.60. The highest BCUT2D eigenvalue weighted by Gasteiger charge is 2.70. The molecule has 2 aromatic rings. The fourth-order valence-electron chi connectivity index (χ4n) is 3.39. The zero-order chi connectivity index (χ0) is 17.5. The van der Waals surface area contributed by atoms with E-state index in [4.69, 9.17) is 28.9 Å². The number of aliphatic hydroxyl groups excluding tert-OH is 1. The molecule has 0 spiro atoms. The van der Waals surface area contributed by atoms with Crippen LogP contribution in [0.3, 0.4) is 0 Å². The lowest BCUT2D eigenvalue weighted by Gasteiger charge is -2.12. The minimum Gasteiger partial charge on any atom is -0.396 e. The summed E-state index contributed by atoms with van der Waals surface area (Å²) in [7, 11) is -3.65. The Hall–Kier alpha value is -1.11. The molecule has 1 aliphatic rings. The van der Waals surface area contributed by atoms with Crippen molar-refractivity contribution in [3.05, 3.63) is 64.1 Å². The van der Waals surface area contributed by atoms with Crippen LogP contribution < -0.4 is 5.73 Å². The fourth-order valence-corrected chi connectivity index (χ4v) is 6.09. The molecule has 0 radical (unpaired) electrons. The molecule has 4 nitrogen and oxygen atoms in total. The van der Waals surface area contributed by atoms with Gasteiger partial charge in [0, 0.05) is 27.9 Å². The Bertz CT molecular complexity index is 831. The van der Waals surface area contributed by atoms with Crippen molar-refractivity contribution in [1.29, 1.82) is 0 Å². The first-order valence-corrected chi connectivity index (χ1v) is 9.73. The molecule has 0 amide bonds. The van der Waals surface area contributed by atoms with E-state index in [1.807, 2.05) is 0 Å². The highest BCUT2D eigenvalue weighted by molar-refractivity contribution is 7.92. The molecule has 0 aliphatic heterocycles. The molecule has 0 bridgehead atoms. The van der Waals surface area contributed by atoms with Crippen molar-refractivity contribution in [2.45, 2.75) is 16.1 Å². The molecule has 7 heteroatoms. The third-order valence-electron chi connectivity index (χ3n) is 4.76. The van der Waals surface area contributed by atoms with Gasteiger partial charge in [0.1, 0.15) is 0 Å². The predicted molar refractivity (Wildman–Crippen MR) is 95.2 cm³/mol. The van der Waals surface area contributed by atoms with Gasteiger partial charge in [-0.25, -0.2) is 8.42 Å². The first-order chi connectivity index (χ1) is 11.4. The maximum atomic E-state index is 13.1. The monoisotopic (exact) mass is 385 g/mol. The van der Waals surface area contributed by atoms with Gasteiger partial charge >= 0.3 is 0 Å². The highest BCUT2D eigenvalue weighted by atomic mass is 35.5. The lowest BCUT2D eigenvalue weighted by Crippen LogP contribution is -2.27. The summed E-state index contributed by atoms with van der Waals surface area (Å²) < 4.78 is 26.1. The zero-order valence-corrected chi connectivity index (χ0v) is 15.0. The maximum Gasteiger partial charge on any atom is 0.182 e. The second-order valence-electron chi connectivity index (χ2n) is 6.04. The molecule has 128 valence electrons. The Morgan fingerprint density at radius 2 is 1.50 bits per heavy atom. The van der Waals surface area contributed by atoms with Gasteiger partial charge in [-0.3, -0.25) is 0 Å². The van der Waals surface area contributed by atoms with Gasteiger partial charge in [-0.15, -0.1) is 0 Å². The molecule has 0 heterocycles. The van der Waals surface area contributed by atoms with Gasteiger partial charge in [0.25, 0.3) is 0 Å². The average Bonchev–Trinajstić information content (AvgIpc) is 3.26. The summed E-state index contributed by atoms with van der Waals surface area (Å²) in [5.74, 6) is -0.370. The van der Waals surface area contributed by atoms with Crippen LogP contribution in [0.4, 0.5) is 0 Å². The van der Waals surface area contributed by atoms with Crippen LogP contribution in [-0.4, -0.2) is 31.9 Å². The van der Waals surface area contributed by atoms with E-state index in [0.717, 1.165) is 5.56 Å². The van der Waals surface area contributed by atoms with Gasteiger partial charge in [-0.05, 0) is 42.0 Å². The summed E-state index contributed by atoms with van der Waals surface area (Å²) in [5.41, 5.74) is 5.78. The molecule has 3 rings (SSSR count). The maximum absolute atomic E-state index is 13.1. The molecule has 1 fully saturated rings. The van der Waals surface area contributed by atoms with Crippen molar-refractivity contribution < 1.29 is 13.5 Å². The summed E-state index contributed by atoms with van der Waals surface area (Å²) in [6.45, 7) is -0.220. The van der Waals surface area contributed by atoms with Gasteiger partial charge in [0.05, 0.1) is 16.8 Å². The quantitative estimate of drug-likeness (QED) is 0.828. The fraction of sp³-hybridized carbons (Fsp3) is 0.294. The summed E-state index contributed by atoms with van der Waals surface area (Å²) in [6.07, 6.45) is 0. The van der Waals surface area contributed by atoms with Crippen molar-refractivity contribution in [1.82, 2.24) is 0 Å². The van der Waals surface area contributed by atoms with E-state index in [0.29, 0.717) is 10.0 Å². The van der Waals surface area contributed by atoms with E-state index in [-0.39, 0.29) is 24.0 Å². The van der Waals surface area contributed by atoms with Crippen molar-refractivity contribution in [3.8, 4) is 0 Å². The SMILES string of the molecule is NC[C@]1(CO)[C@H](c2ccc(Cl)cc2)[C@H]1S(=O)(=O)c1ccc(Cl)cc1. The first kappa shape index (κ1) is 17.7. The molecular formula is C17H17Cl2NO3S. The van der Waals surface area contributed by atoms with Gasteiger partial charge in [0.15, 0.2) is 9.84 Å². The van der Waals surface area contributed by atoms with Crippen molar-refractivity contribution >= 4 is 33.0 Å². The van der Waals surface area contributed by atoms with Crippen LogP contribution in [0.25, 0.3) is 0 Å². The number of sulfone groups is 1. The van der Waals surface area contributed by atoms with E-state index in [1.165, 1.54) is 24.3 Å². The normalized spacial score (nSPS) is 26.3. The number of halogens is 2. The van der Waals surface area contributed by atoms with E-state index >= 15 is 0 Å². The van der Waals surface area contributed by atoms with Crippen LogP contribution in [0.5, 0.6) is 0 Å². The van der Waals surface area contributed by atoms with Crippen LogP contribution in [0.2, 0.25) is 10.0 Å². The van der Waals surface area contributed by atoms with Gasteiger partial charge in [0.2, 0.25) is 0 Å². The lowest BCUT2D eigenvalue weighted by molar-refractivity contribution is 0.212. The van der Waals surface area contributed by atoms with E-state index in [1.54, 1.807) is 24.3 Å². The highest BCUT2D eigenvalue weighted by Crippen LogP contribution is 2.63. The minimum atomic E-state index is -3.65. The Balaban J connectivity index is 2.04. The molecule has 24 heavy (non-hydrogen) atoms. The number of rotatable bonds is 5. The van der Waals surface area contributed by atoms with Crippen LogP contribution in [0.1, 0.15) is 11.5 Å². The first-order valence-electron chi connectivity index (χ1n) is 7.42. The Labute approximate surface area is 151 Å². The third kappa shape index (κ3) is 2.74.